The summed E-state index contributed by atoms with van der Waals surface area (Å²) in [7, 11) is 3.15. The van der Waals surface area contributed by atoms with Crippen LogP contribution in [0.1, 0.15) is 12.5 Å². The molecule has 3 nitrogen and oxygen atoms in total. The zero-order valence-electron chi connectivity index (χ0n) is 10.2. The summed E-state index contributed by atoms with van der Waals surface area (Å²) in [5.41, 5.74) is 0.785. The molecule has 0 heterocycles. The SMILES string of the molecule is COC(OC)C(C)NCc1cc(F)cc(Cl)c1. The van der Waals surface area contributed by atoms with Crippen molar-refractivity contribution in [1.29, 1.82) is 0 Å². The van der Waals surface area contributed by atoms with Crippen LogP contribution in [0.15, 0.2) is 18.2 Å². The van der Waals surface area contributed by atoms with E-state index in [1.807, 2.05) is 6.92 Å². The molecule has 0 saturated carbocycles. The van der Waals surface area contributed by atoms with Crippen LogP contribution in [0.2, 0.25) is 5.02 Å². The highest BCUT2D eigenvalue weighted by molar-refractivity contribution is 6.30. The summed E-state index contributed by atoms with van der Waals surface area (Å²) in [5, 5.41) is 3.57. The van der Waals surface area contributed by atoms with Gasteiger partial charge < -0.3 is 14.8 Å². The van der Waals surface area contributed by atoms with Crippen LogP contribution in [0.25, 0.3) is 0 Å². The number of methoxy groups -OCH3 is 2. The molecule has 0 aromatic heterocycles. The van der Waals surface area contributed by atoms with E-state index in [0.717, 1.165) is 5.56 Å². The molecule has 1 atom stereocenters. The van der Waals surface area contributed by atoms with Crippen molar-refractivity contribution in [3.63, 3.8) is 0 Å². The van der Waals surface area contributed by atoms with Gasteiger partial charge in [-0.2, -0.15) is 0 Å². The van der Waals surface area contributed by atoms with Gasteiger partial charge in [-0.25, -0.2) is 4.39 Å². The number of hydrogen-bond donors (Lipinski definition) is 1. The Hall–Kier alpha value is -0.680. The normalized spacial score (nSPS) is 13.1. The van der Waals surface area contributed by atoms with E-state index < -0.39 is 0 Å². The molecular weight excluding hydrogens is 245 g/mol. The van der Waals surface area contributed by atoms with E-state index in [4.69, 9.17) is 21.1 Å². The second kappa shape index (κ2) is 6.91. The molecule has 0 fully saturated rings. The van der Waals surface area contributed by atoms with E-state index in [1.165, 1.54) is 12.1 Å². The van der Waals surface area contributed by atoms with Gasteiger partial charge >= 0.3 is 0 Å². The summed E-state index contributed by atoms with van der Waals surface area (Å²) in [4.78, 5) is 0. The molecule has 0 radical (unpaired) electrons. The average Bonchev–Trinajstić information content (AvgIpc) is 2.27. The maximum Gasteiger partial charge on any atom is 0.171 e. The van der Waals surface area contributed by atoms with Crippen LogP contribution in [0, 0.1) is 5.82 Å². The molecule has 0 aliphatic heterocycles. The van der Waals surface area contributed by atoms with Gasteiger partial charge in [-0.1, -0.05) is 11.6 Å². The third-order valence-electron chi connectivity index (χ3n) is 2.42. The van der Waals surface area contributed by atoms with E-state index in [9.17, 15) is 4.39 Å². The second-order valence-electron chi connectivity index (χ2n) is 3.79. The Kier molecular flexibility index (Phi) is 5.85. The van der Waals surface area contributed by atoms with Crippen molar-refractivity contribution in [2.45, 2.75) is 25.8 Å². The Balaban J connectivity index is 2.55. The first-order valence-electron chi connectivity index (χ1n) is 5.30. The highest BCUT2D eigenvalue weighted by Crippen LogP contribution is 2.14. The summed E-state index contributed by atoms with van der Waals surface area (Å²) in [6, 6.07) is 4.44. The minimum Gasteiger partial charge on any atom is -0.354 e. The summed E-state index contributed by atoms with van der Waals surface area (Å²) in [6.07, 6.45) is -0.334. The molecule has 1 aromatic carbocycles. The Morgan fingerprint density at radius 2 is 1.94 bits per heavy atom. The minimum absolute atomic E-state index is 0.00737. The standard InChI is InChI=1S/C12H17ClFNO2/c1-8(12(16-2)17-3)15-7-9-4-10(13)6-11(14)5-9/h4-6,8,12,15H,7H2,1-3H3. The molecule has 0 bridgehead atoms. The van der Waals surface area contributed by atoms with Crippen molar-refractivity contribution in [2.24, 2.45) is 0 Å². The molecule has 0 aliphatic carbocycles. The molecule has 1 aromatic rings. The van der Waals surface area contributed by atoms with Crippen LogP contribution >= 0.6 is 11.6 Å². The third-order valence-corrected chi connectivity index (χ3v) is 2.64. The fraction of sp³-hybridized carbons (Fsp3) is 0.500. The first kappa shape index (κ1) is 14.4. The molecule has 17 heavy (non-hydrogen) atoms. The number of nitrogens with one attached hydrogen (secondary N) is 1. The van der Waals surface area contributed by atoms with Crippen LogP contribution < -0.4 is 5.32 Å². The van der Waals surface area contributed by atoms with Crippen molar-refractivity contribution in [3.8, 4) is 0 Å². The fourth-order valence-electron chi connectivity index (χ4n) is 1.59. The van der Waals surface area contributed by atoms with Crippen molar-refractivity contribution < 1.29 is 13.9 Å². The van der Waals surface area contributed by atoms with Gasteiger partial charge in [-0.15, -0.1) is 0 Å². The van der Waals surface area contributed by atoms with Gasteiger partial charge in [0.15, 0.2) is 6.29 Å². The van der Waals surface area contributed by atoms with Gasteiger partial charge in [0.1, 0.15) is 5.82 Å². The molecule has 96 valence electrons. The zero-order chi connectivity index (χ0) is 12.8. The average molecular weight is 262 g/mol. The second-order valence-corrected chi connectivity index (χ2v) is 4.22. The van der Waals surface area contributed by atoms with Crippen LogP contribution in [-0.2, 0) is 16.0 Å². The van der Waals surface area contributed by atoms with Crippen molar-refractivity contribution >= 4 is 11.6 Å². The summed E-state index contributed by atoms with van der Waals surface area (Å²) < 4.78 is 23.3. The molecule has 0 amide bonds. The summed E-state index contributed by atoms with van der Waals surface area (Å²) in [5.74, 6) is -0.336. The molecule has 5 heteroatoms. The van der Waals surface area contributed by atoms with E-state index in [2.05, 4.69) is 5.32 Å². The van der Waals surface area contributed by atoms with Crippen molar-refractivity contribution in [2.75, 3.05) is 14.2 Å². The number of halogens is 2. The Morgan fingerprint density at radius 3 is 2.47 bits per heavy atom. The Labute approximate surface area is 106 Å². The lowest BCUT2D eigenvalue weighted by atomic mass is 10.2. The smallest absolute Gasteiger partial charge is 0.171 e. The first-order chi connectivity index (χ1) is 8.06. The van der Waals surface area contributed by atoms with E-state index >= 15 is 0 Å². The highest BCUT2D eigenvalue weighted by Gasteiger charge is 2.14. The topological polar surface area (TPSA) is 30.5 Å². The van der Waals surface area contributed by atoms with Crippen LogP contribution in [0.5, 0.6) is 0 Å². The molecule has 0 aliphatic rings. The van der Waals surface area contributed by atoms with Gasteiger partial charge in [-0.05, 0) is 30.7 Å². The van der Waals surface area contributed by atoms with Crippen molar-refractivity contribution in [1.82, 2.24) is 5.32 Å². The third kappa shape index (κ3) is 4.60. The fourth-order valence-corrected chi connectivity index (χ4v) is 1.84. The number of benzene rings is 1. The predicted octanol–water partition coefficient (Wildman–Crippen LogP) is 2.58. The van der Waals surface area contributed by atoms with E-state index in [0.29, 0.717) is 11.6 Å². The highest BCUT2D eigenvalue weighted by atomic mass is 35.5. The van der Waals surface area contributed by atoms with Crippen molar-refractivity contribution in [3.05, 3.63) is 34.6 Å². The van der Waals surface area contributed by atoms with Crippen LogP contribution in [-0.4, -0.2) is 26.6 Å². The number of rotatable bonds is 6. The van der Waals surface area contributed by atoms with Gasteiger partial charge in [-0.3, -0.25) is 0 Å². The van der Waals surface area contributed by atoms with Gasteiger partial charge in [0.25, 0.3) is 0 Å². The maximum atomic E-state index is 13.1. The van der Waals surface area contributed by atoms with Gasteiger partial charge in [0.2, 0.25) is 0 Å². The molecule has 0 saturated heterocycles. The van der Waals surface area contributed by atoms with E-state index in [1.54, 1.807) is 20.3 Å². The largest absolute Gasteiger partial charge is 0.354 e. The van der Waals surface area contributed by atoms with Crippen LogP contribution in [0.3, 0.4) is 0 Å². The Bertz CT molecular complexity index is 338. The van der Waals surface area contributed by atoms with Crippen LogP contribution in [0.4, 0.5) is 4.39 Å². The molecule has 1 rings (SSSR count). The molecule has 0 spiro atoms. The lowest BCUT2D eigenvalue weighted by molar-refractivity contribution is -0.119. The quantitative estimate of drug-likeness (QED) is 0.799. The lowest BCUT2D eigenvalue weighted by Crippen LogP contribution is -2.39. The van der Waals surface area contributed by atoms with Gasteiger partial charge in [0.05, 0.1) is 6.04 Å². The summed E-state index contributed by atoms with van der Waals surface area (Å²) in [6.45, 7) is 2.43. The monoisotopic (exact) mass is 261 g/mol. The maximum absolute atomic E-state index is 13.1. The number of hydrogen-bond acceptors (Lipinski definition) is 3. The van der Waals surface area contributed by atoms with Gasteiger partial charge in [0, 0.05) is 25.8 Å². The van der Waals surface area contributed by atoms with E-state index in [-0.39, 0.29) is 18.1 Å². The minimum atomic E-state index is -0.336. The predicted molar refractivity (Wildman–Crippen MR) is 65.5 cm³/mol. The molecule has 1 unspecified atom stereocenters. The zero-order valence-corrected chi connectivity index (χ0v) is 10.9. The lowest BCUT2D eigenvalue weighted by Gasteiger charge is -2.22. The number of ether oxygens (including phenoxy) is 2. The summed E-state index contributed by atoms with van der Waals surface area (Å²) >= 11 is 5.77. The first-order valence-corrected chi connectivity index (χ1v) is 5.68. The Morgan fingerprint density at radius 1 is 1.29 bits per heavy atom. The molecular formula is C12H17ClFNO2. The molecule has 1 N–H and O–H groups in total.